The summed E-state index contributed by atoms with van der Waals surface area (Å²) < 4.78 is 5.37. The van der Waals surface area contributed by atoms with Crippen LogP contribution in [0.5, 0.6) is 0 Å². The highest BCUT2D eigenvalue weighted by Crippen LogP contribution is 2.42. The maximum Gasteiger partial charge on any atom is 0.340 e. The van der Waals surface area contributed by atoms with E-state index in [1.807, 2.05) is 13.8 Å². The van der Waals surface area contributed by atoms with Gasteiger partial charge < -0.3 is 15.4 Å². The van der Waals surface area contributed by atoms with Gasteiger partial charge in [0.2, 0.25) is 0 Å². The van der Waals surface area contributed by atoms with Gasteiger partial charge in [-0.05, 0) is 46.8 Å². The summed E-state index contributed by atoms with van der Waals surface area (Å²) in [4.78, 5) is 26.1. The van der Waals surface area contributed by atoms with Crippen LogP contribution in [-0.2, 0) is 10.3 Å². The highest BCUT2D eigenvalue weighted by atomic mass is 16.6. The largest absolute Gasteiger partial charge is 0.456 e. The van der Waals surface area contributed by atoms with Crippen molar-refractivity contribution in [3.05, 3.63) is 28.8 Å². The third kappa shape index (κ3) is 2.37. The fraction of sp³-hybridized carbons (Fsp3) is 0.500. The average molecular weight is 290 g/mol. The maximum absolute atomic E-state index is 12.3. The van der Waals surface area contributed by atoms with E-state index in [4.69, 9.17) is 10.5 Å². The highest BCUT2D eigenvalue weighted by molar-refractivity contribution is 6.05. The predicted octanol–water partition coefficient (Wildman–Crippen LogP) is 2.54. The van der Waals surface area contributed by atoms with Gasteiger partial charge in [-0.1, -0.05) is 0 Å². The normalized spacial score (nSPS) is 16.9. The number of fused-ring (bicyclic) bond motifs is 1. The highest BCUT2D eigenvalue weighted by Gasteiger charge is 2.43. The Morgan fingerprint density at radius 2 is 1.86 bits per heavy atom. The molecule has 0 saturated heterocycles. The van der Waals surface area contributed by atoms with Crippen LogP contribution >= 0.6 is 0 Å². The first kappa shape index (κ1) is 15.4. The molecule has 21 heavy (non-hydrogen) atoms. The van der Waals surface area contributed by atoms with Crippen molar-refractivity contribution >= 4 is 17.6 Å². The van der Waals surface area contributed by atoms with E-state index in [0.717, 1.165) is 0 Å². The summed E-state index contributed by atoms with van der Waals surface area (Å²) in [6, 6.07) is 3.22. The number of amides is 1. The number of benzene rings is 1. The summed E-state index contributed by atoms with van der Waals surface area (Å²) in [7, 11) is 1.73. The van der Waals surface area contributed by atoms with Crippen LogP contribution in [0.3, 0.4) is 0 Å². The average Bonchev–Trinajstić information content (AvgIpc) is 2.49. The Kier molecular flexibility index (Phi) is 3.27. The van der Waals surface area contributed by atoms with E-state index >= 15 is 0 Å². The molecule has 114 valence electrons. The van der Waals surface area contributed by atoms with E-state index in [1.165, 1.54) is 0 Å². The molecule has 0 fully saturated rings. The number of hydrogen-bond acceptors (Lipinski definition) is 4. The van der Waals surface area contributed by atoms with Gasteiger partial charge >= 0.3 is 5.97 Å². The summed E-state index contributed by atoms with van der Waals surface area (Å²) in [6.45, 7) is 9.22. The molecule has 0 atom stereocenters. The van der Waals surface area contributed by atoms with Crippen LogP contribution in [0.4, 0.5) is 5.69 Å². The predicted molar refractivity (Wildman–Crippen MR) is 81.1 cm³/mol. The number of carbonyl (C=O) groups excluding carboxylic acids is 2. The molecule has 0 spiro atoms. The first-order chi connectivity index (χ1) is 9.47. The van der Waals surface area contributed by atoms with Crippen molar-refractivity contribution in [3.63, 3.8) is 0 Å². The van der Waals surface area contributed by atoms with Gasteiger partial charge in [0.15, 0.2) is 0 Å². The third-order valence-corrected chi connectivity index (χ3v) is 3.85. The maximum atomic E-state index is 12.3. The molecule has 5 heteroatoms. The number of nitrogen functional groups attached to an aromatic ring is 1. The molecule has 2 rings (SSSR count). The van der Waals surface area contributed by atoms with Crippen LogP contribution in [0.2, 0.25) is 0 Å². The van der Waals surface area contributed by atoms with Gasteiger partial charge in [-0.2, -0.15) is 0 Å². The molecule has 0 radical (unpaired) electrons. The minimum absolute atomic E-state index is 0.0857. The Bertz CT molecular complexity index is 627. The first-order valence-electron chi connectivity index (χ1n) is 6.91. The Morgan fingerprint density at radius 1 is 1.29 bits per heavy atom. The summed E-state index contributed by atoms with van der Waals surface area (Å²) in [5, 5.41) is 0. The van der Waals surface area contributed by atoms with Gasteiger partial charge in [0.05, 0.1) is 16.8 Å². The molecular formula is C16H22N2O3. The molecular weight excluding hydrogens is 268 g/mol. The second-order valence-electron chi connectivity index (χ2n) is 6.87. The number of esters is 1. The monoisotopic (exact) mass is 290 g/mol. The number of hydrogen-bond donors (Lipinski definition) is 1. The first-order valence-corrected chi connectivity index (χ1v) is 6.91. The lowest BCUT2D eigenvalue weighted by molar-refractivity contribution is 0.00705. The molecule has 1 amide bonds. The van der Waals surface area contributed by atoms with Gasteiger partial charge in [0, 0.05) is 18.2 Å². The fourth-order valence-electron chi connectivity index (χ4n) is 2.57. The minimum atomic E-state index is -0.593. The molecule has 1 heterocycles. The van der Waals surface area contributed by atoms with Crippen LogP contribution in [-0.4, -0.2) is 29.4 Å². The van der Waals surface area contributed by atoms with Gasteiger partial charge in [-0.3, -0.25) is 4.79 Å². The molecule has 0 bridgehead atoms. The van der Waals surface area contributed by atoms with E-state index in [1.54, 1.807) is 44.9 Å². The van der Waals surface area contributed by atoms with Gasteiger partial charge in [-0.15, -0.1) is 0 Å². The Balaban J connectivity index is 2.54. The Hall–Kier alpha value is -2.04. The molecule has 5 nitrogen and oxygen atoms in total. The van der Waals surface area contributed by atoms with E-state index < -0.39 is 17.1 Å². The smallest absolute Gasteiger partial charge is 0.340 e. The summed E-state index contributed by atoms with van der Waals surface area (Å²) in [5.74, 6) is -0.557. The van der Waals surface area contributed by atoms with Crippen molar-refractivity contribution in [3.8, 4) is 0 Å². The lowest BCUT2D eigenvalue weighted by Gasteiger charge is -2.30. The number of ether oxygens (including phenoxy) is 1. The van der Waals surface area contributed by atoms with Gasteiger partial charge in [0.1, 0.15) is 5.60 Å². The van der Waals surface area contributed by atoms with E-state index in [9.17, 15) is 9.59 Å². The molecule has 1 aromatic carbocycles. The van der Waals surface area contributed by atoms with Crippen LogP contribution in [0, 0.1) is 0 Å². The van der Waals surface area contributed by atoms with Crippen LogP contribution in [0.25, 0.3) is 0 Å². The Morgan fingerprint density at radius 3 is 2.38 bits per heavy atom. The number of anilines is 1. The number of rotatable bonds is 1. The standard InChI is InChI=1S/C16H22N2O3/c1-15(2,3)21-14(20)10-8-7-9-11(12(10)17)16(4,5)18(6)13(9)19/h7-8H,17H2,1-6H3. The lowest BCUT2D eigenvalue weighted by Crippen LogP contribution is -2.35. The molecule has 1 aliphatic heterocycles. The van der Waals surface area contributed by atoms with Gasteiger partial charge in [0.25, 0.3) is 5.91 Å². The van der Waals surface area contributed by atoms with Crippen molar-refractivity contribution in [2.45, 2.75) is 45.8 Å². The lowest BCUT2D eigenvalue weighted by atomic mass is 9.90. The van der Waals surface area contributed by atoms with Crippen LogP contribution in [0.15, 0.2) is 12.1 Å². The molecule has 0 unspecified atom stereocenters. The SMILES string of the molecule is CN1C(=O)c2ccc(C(=O)OC(C)(C)C)c(N)c2C1(C)C. The zero-order chi connectivity index (χ0) is 16.2. The van der Waals surface area contributed by atoms with Crippen molar-refractivity contribution in [1.29, 1.82) is 0 Å². The van der Waals surface area contributed by atoms with Crippen molar-refractivity contribution in [1.82, 2.24) is 4.90 Å². The minimum Gasteiger partial charge on any atom is -0.456 e. The Labute approximate surface area is 125 Å². The van der Waals surface area contributed by atoms with Crippen molar-refractivity contribution in [2.75, 3.05) is 12.8 Å². The number of carbonyl (C=O) groups is 2. The van der Waals surface area contributed by atoms with E-state index in [2.05, 4.69) is 0 Å². The summed E-state index contributed by atoms with van der Waals surface area (Å²) >= 11 is 0. The molecule has 0 saturated carbocycles. The third-order valence-electron chi connectivity index (χ3n) is 3.85. The van der Waals surface area contributed by atoms with Gasteiger partial charge in [-0.25, -0.2) is 4.79 Å². The zero-order valence-corrected chi connectivity index (χ0v) is 13.4. The van der Waals surface area contributed by atoms with E-state index in [0.29, 0.717) is 22.4 Å². The number of nitrogens with two attached hydrogens (primary N) is 1. The molecule has 2 N–H and O–H groups in total. The van der Waals surface area contributed by atoms with Crippen molar-refractivity contribution < 1.29 is 14.3 Å². The second kappa shape index (κ2) is 4.48. The molecule has 1 aliphatic rings. The van der Waals surface area contributed by atoms with Crippen LogP contribution < -0.4 is 5.73 Å². The van der Waals surface area contributed by atoms with Crippen molar-refractivity contribution in [2.24, 2.45) is 0 Å². The molecule has 0 aromatic heterocycles. The molecule has 1 aromatic rings. The summed E-state index contributed by atoms with van der Waals surface area (Å²) in [5.41, 5.74) is 6.91. The molecule has 0 aliphatic carbocycles. The second-order valence-corrected chi connectivity index (χ2v) is 6.87. The fourth-order valence-corrected chi connectivity index (χ4v) is 2.57. The zero-order valence-electron chi connectivity index (χ0n) is 13.4. The topological polar surface area (TPSA) is 72.6 Å². The summed E-state index contributed by atoms with van der Waals surface area (Å²) in [6.07, 6.45) is 0. The quantitative estimate of drug-likeness (QED) is 0.637. The van der Waals surface area contributed by atoms with E-state index in [-0.39, 0.29) is 5.91 Å². The number of nitrogens with zero attached hydrogens (tertiary/aromatic N) is 1. The van der Waals surface area contributed by atoms with Crippen LogP contribution in [0.1, 0.15) is 60.9 Å².